The second-order valence-electron chi connectivity index (χ2n) is 7.60. The Balaban J connectivity index is 1.38. The van der Waals surface area contributed by atoms with Gasteiger partial charge >= 0.3 is 6.03 Å². The Hall–Kier alpha value is -2.80. The van der Waals surface area contributed by atoms with Crippen molar-refractivity contribution in [1.29, 1.82) is 0 Å². The van der Waals surface area contributed by atoms with Gasteiger partial charge in [0.05, 0.1) is 0 Å². The van der Waals surface area contributed by atoms with Gasteiger partial charge in [0.15, 0.2) is 0 Å². The number of thioether (sulfide) groups is 1. The number of carbonyl (C=O) groups is 3. The van der Waals surface area contributed by atoms with Gasteiger partial charge < -0.3 is 10.6 Å². The van der Waals surface area contributed by atoms with E-state index in [0.717, 1.165) is 40.2 Å². The molecule has 1 saturated heterocycles. The van der Waals surface area contributed by atoms with Gasteiger partial charge in [-0.15, -0.1) is 11.8 Å². The number of aryl methyl sites for hydroxylation is 1. The van der Waals surface area contributed by atoms with Crippen molar-refractivity contribution in [3.8, 4) is 0 Å². The van der Waals surface area contributed by atoms with Crippen molar-refractivity contribution in [3.63, 3.8) is 0 Å². The minimum atomic E-state index is -1.05. The van der Waals surface area contributed by atoms with Crippen molar-refractivity contribution < 1.29 is 14.4 Å². The van der Waals surface area contributed by atoms with Gasteiger partial charge in [0.1, 0.15) is 12.1 Å². The Kier molecular flexibility index (Phi) is 6.08. The van der Waals surface area contributed by atoms with Crippen LogP contribution in [0.25, 0.3) is 0 Å². The summed E-state index contributed by atoms with van der Waals surface area (Å²) in [4.78, 5) is 40.5. The van der Waals surface area contributed by atoms with Crippen molar-refractivity contribution >= 4 is 29.6 Å². The van der Waals surface area contributed by atoms with E-state index in [0.29, 0.717) is 18.7 Å². The van der Waals surface area contributed by atoms with Crippen LogP contribution in [0.3, 0.4) is 0 Å². The molecule has 0 bridgehead atoms. The van der Waals surface area contributed by atoms with Crippen LogP contribution in [0, 0.1) is 0 Å². The molecule has 1 spiro atoms. The van der Waals surface area contributed by atoms with Crippen LogP contribution in [0.4, 0.5) is 4.79 Å². The molecule has 7 heteroatoms. The summed E-state index contributed by atoms with van der Waals surface area (Å²) in [6, 6.07) is 17.2. The molecule has 1 aliphatic heterocycles. The summed E-state index contributed by atoms with van der Waals surface area (Å²) in [5, 5.41) is 5.72. The third kappa shape index (κ3) is 4.07. The minimum absolute atomic E-state index is 0.259. The summed E-state index contributed by atoms with van der Waals surface area (Å²) in [5.74, 6) is 0.0644. The third-order valence-corrected chi connectivity index (χ3v) is 6.65. The molecule has 156 valence electrons. The minimum Gasteiger partial charge on any atom is -0.354 e. The third-order valence-electron chi connectivity index (χ3n) is 5.64. The van der Waals surface area contributed by atoms with Crippen molar-refractivity contribution in [2.45, 2.75) is 36.1 Å². The molecule has 0 saturated carbocycles. The van der Waals surface area contributed by atoms with Gasteiger partial charge in [-0.1, -0.05) is 42.5 Å². The summed E-state index contributed by atoms with van der Waals surface area (Å²) < 4.78 is 0. The predicted molar refractivity (Wildman–Crippen MR) is 116 cm³/mol. The molecule has 6 nitrogen and oxygen atoms in total. The fraction of sp³-hybridized carbons (Fsp3) is 0.348. The lowest BCUT2D eigenvalue weighted by Gasteiger charge is -2.27. The van der Waals surface area contributed by atoms with Crippen molar-refractivity contribution in [2.24, 2.45) is 0 Å². The quantitative estimate of drug-likeness (QED) is 0.425. The molecule has 2 aromatic rings. The Morgan fingerprint density at radius 1 is 1.07 bits per heavy atom. The van der Waals surface area contributed by atoms with E-state index in [1.165, 1.54) is 0 Å². The average molecular weight is 424 g/mol. The van der Waals surface area contributed by atoms with Crippen LogP contribution in [-0.4, -0.2) is 41.6 Å². The predicted octanol–water partition coefficient (Wildman–Crippen LogP) is 3.07. The fourth-order valence-electron chi connectivity index (χ4n) is 4.19. The van der Waals surface area contributed by atoms with E-state index >= 15 is 0 Å². The number of imide groups is 1. The summed E-state index contributed by atoms with van der Waals surface area (Å²) in [7, 11) is 0. The number of urea groups is 1. The molecule has 0 aromatic heterocycles. The lowest BCUT2D eigenvalue weighted by Crippen LogP contribution is -2.45. The number of nitrogens with zero attached hydrogens (tertiary/aromatic N) is 1. The van der Waals surface area contributed by atoms with E-state index in [1.807, 2.05) is 54.6 Å². The van der Waals surface area contributed by atoms with Crippen LogP contribution < -0.4 is 10.6 Å². The average Bonchev–Trinajstić information content (AvgIpc) is 2.90. The highest BCUT2D eigenvalue weighted by molar-refractivity contribution is 7.99. The van der Waals surface area contributed by atoms with Gasteiger partial charge in [-0.3, -0.25) is 14.5 Å². The standard InChI is InChI=1S/C23H25N3O3S/c27-20(24-14-15-30-18-10-2-1-3-11-18)16-26-21(28)23(25-22(26)29)13-7-6-9-17-8-4-5-12-19(17)23/h1-5,8,10-12H,6-7,9,13-16H2,(H,24,27)(H,25,29)/t23-/m0/s1. The van der Waals surface area contributed by atoms with E-state index < -0.39 is 11.6 Å². The number of benzene rings is 2. The zero-order valence-corrected chi connectivity index (χ0v) is 17.5. The first-order valence-electron chi connectivity index (χ1n) is 10.3. The Labute approximate surface area is 180 Å². The van der Waals surface area contributed by atoms with Gasteiger partial charge in [0.2, 0.25) is 5.91 Å². The Morgan fingerprint density at radius 3 is 2.67 bits per heavy atom. The SMILES string of the molecule is O=C(CN1C(=O)N[C@]2(CCCCc3ccccc32)C1=O)NCCSc1ccccc1. The molecule has 0 unspecified atom stereocenters. The smallest absolute Gasteiger partial charge is 0.325 e. The van der Waals surface area contributed by atoms with Crippen molar-refractivity contribution in [2.75, 3.05) is 18.8 Å². The van der Waals surface area contributed by atoms with Crippen LogP contribution in [0.5, 0.6) is 0 Å². The molecule has 2 N–H and O–H groups in total. The second kappa shape index (κ2) is 8.92. The molecule has 4 rings (SSSR count). The maximum atomic E-state index is 13.3. The normalized spacial score (nSPS) is 20.6. The van der Waals surface area contributed by atoms with Crippen molar-refractivity contribution in [3.05, 3.63) is 65.7 Å². The first kappa shape index (κ1) is 20.5. The van der Waals surface area contributed by atoms with E-state index in [9.17, 15) is 14.4 Å². The summed E-state index contributed by atoms with van der Waals surface area (Å²) in [5.41, 5.74) is 0.907. The van der Waals surface area contributed by atoms with Crippen LogP contribution in [0.1, 0.15) is 30.4 Å². The number of amides is 4. The van der Waals surface area contributed by atoms with Crippen LogP contribution in [-0.2, 0) is 21.5 Å². The Morgan fingerprint density at radius 2 is 1.83 bits per heavy atom. The second-order valence-corrected chi connectivity index (χ2v) is 8.77. The first-order valence-corrected chi connectivity index (χ1v) is 11.3. The number of fused-ring (bicyclic) bond motifs is 2. The van der Waals surface area contributed by atoms with Gasteiger partial charge in [-0.2, -0.15) is 0 Å². The number of rotatable bonds is 6. The number of carbonyl (C=O) groups excluding carboxylic acids is 3. The molecule has 1 aliphatic carbocycles. The van der Waals surface area contributed by atoms with Crippen LogP contribution >= 0.6 is 11.8 Å². The highest BCUT2D eigenvalue weighted by Crippen LogP contribution is 2.38. The zero-order chi connectivity index (χ0) is 21.0. The van der Waals surface area contributed by atoms with Gasteiger partial charge in [0, 0.05) is 17.2 Å². The lowest BCUT2D eigenvalue weighted by atomic mass is 9.84. The van der Waals surface area contributed by atoms with Crippen molar-refractivity contribution in [1.82, 2.24) is 15.5 Å². The lowest BCUT2D eigenvalue weighted by molar-refractivity contribution is -0.135. The number of hydrogen-bond donors (Lipinski definition) is 2. The van der Waals surface area contributed by atoms with Gasteiger partial charge in [-0.25, -0.2) is 4.79 Å². The number of nitrogens with one attached hydrogen (secondary N) is 2. The summed E-state index contributed by atoms with van der Waals surface area (Å²) in [6.45, 7) is 0.209. The molecule has 1 fully saturated rings. The molecule has 2 aromatic carbocycles. The summed E-state index contributed by atoms with van der Waals surface area (Å²) >= 11 is 1.64. The van der Waals surface area contributed by atoms with E-state index in [4.69, 9.17) is 0 Å². The zero-order valence-electron chi connectivity index (χ0n) is 16.7. The molecule has 2 aliphatic rings. The highest BCUT2D eigenvalue weighted by atomic mass is 32.2. The monoisotopic (exact) mass is 423 g/mol. The highest BCUT2D eigenvalue weighted by Gasteiger charge is 2.53. The molecule has 30 heavy (non-hydrogen) atoms. The molecular formula is C23H25N3O3S. The first-order chi connectivity index (χ1) is 14.6. The van der Waals surface area contributed by atoms with Crippen LogP contribution in [0.2, 0.25) is 0 Å². The molecule has 0 radical (unpaired) electrons. The topological polar surface area (TPSA) is 78.5 Å². The van der Waals surface area contributed by atoms with E-state index in [2.05, 4.69) is 10.6 Å². The van der Waals surface area contributed by atoms with Gasteiger partial charge in [0.25, 0.3) is 5.91 Å². The summed E-state index contributed by atoms with van der Waals surface area (Å²) in [6.07, 6.45) is 3.26. The molecular weight excluding hydrogens is 398 g/mol. The van der Waals surface area contributed by atoms with Crippen LogP contribution in [0.15, 0.2) is 59.5 Å². The Bertz CT molecular complexity index is 950. The van der Waals surface area contributed by atoms with Gasteiger partial charge in [-0.05, 0) is 48.9 Å². The molecule has 4 amide bonds. The molecule has 1 atom stereocenters. The maximum Gasteiger partial charge on any atom is 0.325 e. The number of hydrogen-bond acceptors (Lipinski definition) is 4. The van der Waals surface area contributed by atoms with E-state index in [-0.39, 0.29) is 18.4 Å². The molecule has 1 heterocycles. The fourth-order valence-corrected chi connectivity index (χ4v) is 4.98. The largest absolute Gasteiger partial charge is 0.354 e. The van der Waals surface area contributed by atoms with E-state index in [1.54, 1.807) is 11.8 Å². The maximum absolute atomic E-state index is 13.3.